The number of aromatic amines is 1. The summed E-state index contributed by atoms with van der Waals surface area (Å²) in [6, 6.07) is 0. The Kier molecular flexibility index (Phi) is 3.96. The van der Waals surface area contributed by atoms with Gasteiger partial charge in [0.1, 0.15) is 0 Å². The highest BCUT2D eigenvalue weighted by Gasteiger charge is 2.14. The molecule has 1 fully saturated rings. The second-order valence-electron chi connectivity index (χ2n) is 4.61. The van der Waals surface area contributed by atoms with Gasteiger partial charge in [-0.25, -0.2) is 0 Å². The monoisotopic (exact) mass is 223 g/mol. The Morgan fingerprint density at radius 1 is 1.50 bits per heavy atom. The molecule has 0 saturated carbocycles. The molecule has 2 heterocycles. The van der Waals surface area contributed by atoms with Gasteiger partial charge >= 0.3 is 0 Å². The molecule has 0 radical (unpaired) electrons. The van der Waals surface area contributed by atoms with E-state index in [2.05, 4.69) is 22.4 Å². The van der Waals surface area contributed by atoms with Crippen molar-refractivity contribution in [1.29, 1.82) is 0 Å². The smallest absolute Gasteiger partial charge is 0.0638 e. The average Bonchev–Trinajstić information content (AvgIpc) is 2.87. The molecular formula is C12H21N3O. The van der Waals surface area contributed by atoms with E-state index in [1.807, 2.05) is 6.92 Å². The highest BCUT2D eigenvalue weighted by Crippen LogP contribution is 2.15. The second-order valence-corrected chi connectivity index (χ2v) is 4.61. The first-order valence-corrected chi connectivity index (χ1v) is 6.06. The van der Waals surface area contributed by atoms with Crippen LogP contribution in [0.4, 0.5) is 0 Å². The summed E-state index contributed by atoms with van der Waals surface area (Å²) in [7, 11) is 0. The Morgan fingerprint density at radius 3 is 3.00 bits per heavy atom. The second kappa shape index (κ2) is 5.46. The number of nitrogens with zero attached hydrogens (tertiary/aromatic N) is 1. The van der Waals surface area contributed by atoms with E-state index in [9.17, 15) is 0 Å². The molecular weight excluding hydrogens is 202 g/mol. The van der Waals surface area contributed by atoms with Gasteiger partial charge in [0.15, 0.2) is 0 Å². The Morgan fingerprint density at radius 2 is 2.38 bits per heavy atom. The van der Waals surface area contributed by atoms with E-state index in [1.54, 1.807) is 0 Å². The van der Waals surface area contributed by atoms with Gasteiger partial charge in [0.25, 0.3) is 0 Å². The van der Waals surface area contributed by atoms with E-state index in [1.165, 1.54) is 24.1 Å². The molecule has 1 aromatic heterocycles. The number of nitrogens with one attached hydrogen (secondary N) is 2. The molecule has 1 atom stereocenters. The third kappa shape index (κ3) is 2.83. The van der Waals surface area contributed by atoms with Crippen LogP contribution >= 0.6 is 0 Å². The fourth-order valence-corrected chi connectivity index (χ4v) is 2.17. The summed E-state index contributed by atoms with van der Waals surface area (Å²) in [5.41, 5.74) is 3.59. The molecule has 1 aliphatic rings. The van der Waals surface area contributed by atoms with Crippen molar-refractivity contribution in [3.8, 4) is 0 Å². The van der Waals surface area contributed by atoms with E-state index in [0.717, 1.165) is 37.9 Å². The van der Waals surface area contributed by atoms with Crippen LogP contribution in [0.15, 0.2) is 0 Å². The van der Waals surface area contributed by atoms with Crippen molar-refractivity contribution in [2.24, 2.45) is 5.92 Å². The van der Waals surface area contributed by atoms with Gasteiger partial charge in [-0.1, -0.05) is 0 Å². The first-order valence-electron chi connectivity index (χ1n) is 6.06. The predicted molar refractivity (Wildman–Crippen MR) is 63.3 cm³/mol. The molecule has 4 nitrogen and oxygen atoms in total. The van der Waals surface area contributed by atoms with E-state index < -0.39 is 0 Å². The first kappa shape index (κ1) is 11.6. The standard InChI is InChI=1S/C12H21N3O/c1-9-12(10(2)15-14-9)7-13-5-3-11-4-6-16-8-11/h11,13H,3-8H2,1-2H3,(H,14,15). The number of aryl methyl sites for hydroxylation is 2. The zero-order valence-electron chi connectivity index (χ0n) is 10.2. The fraction of sp³-hybridized carbons (Fsp3) is 0.750. The Labute approximate surface area is 96.8 Å². The molecule has 1 saturated heterocycles. The third-order valence-corrected chi connectivity index (χ3v) is 3.34. The normalized spacial score (nSPS) is 20.5. The number of H-pyrrole nitrogens is 1. The number of rotatable bonds is 5. The molecule has 16 heavy (non-hydrogen) atoms. The van der Waals surface area contributed by atoms with Crippen LogP contribution in [0, 0.1) is 19.8 Å². The molecule has 1 aliphatic heterocycles. The number of aromatic nitrogens is 2. The molecule has 4 heteroatoms. The molecule has 0 bridgehead atoms. The maximum atomic E-state index is 5.36. The Hall–Kier alpha value is -0.870. The highest BCUT2D eigenvalue weighted by atomic mass is 16.5. The van der Waals surface area contributed by atoms with E-state index >= 15 is 0 Å². The van der Waals surface area contributed by atoms with Crippen LogP contribution in [0.1, 0.15) is 29.8 Å². The first-order chi connectivity index (χ1) is 7.77. The maximum absolute atomic E-state index is 5.36. The molecule has 0 aliphatic carbocycles. The van der Waals surface area contributed by atoms with Gasteiger partial charge in [-0.05, 0) is 39.2 Å². The zero-order chi connectivity index (χ0) is 11.4. The van der Waals surface area contributed by atoms with Crippen LogP contribution < -0.4 is 5.32 Å². The third-order valence-electron chi connectivity index (χ3n) is 3.34. The molecule has 2 rings (SSSR count). The van der Waals surface area contributed by atoms with Crippen molar-refractivity contribution in [3.05, 3.63) is 17.0 Å². The van der Waals surface area contributed by atoms with Gasteiger partial charge in [-0.15, -0.1) is 0 Å². The molecule has 1 aromatic rings. The lowest BCUT2D eigenvalue weighted by molar-refractivity contribution is 0.184. The van der Waals surface area contributed by atoms with Crippen LogP contribution in [0.2, 0.25) is 0 Å². The van der Waals surface area contributed by atoms with Crippen molar-refractivity contribution >= 4 is 0 Å². The fourth-order valence-electron chi connectivity index (χ4n) is 2.17. The van der Waals surface area contributed by atoms with Gasteiger partial charge < -0.3 is 10.1 Å². The number of hydrogen-bond donors (Lipinski definition) is 2. The van der Waals surface area contributed by atoms with Gasteiger partial charge in [-0.3, -0.25) is 5.10 Å². The van der Waals surface area contributed by atoms with Crippen LogP contribution in [-0.4, -0.2) is 30.0 Å². The molecule has 2 N–H and O–H groups in total. The van der Waals surface area contributed by atoms with Crippen molar-refractivity contribution in [2.75, 3.05) is 19.8 Å². The van der Waals surface area contributed by atoms with Gasteiger partial charge in [-0.2, -0.15) is 5.10 Å². The summed E-state index contributed by atoms with van der Waals surface area (Å²) in [4.78, 5) is 0. The quantitative estimate of drug-likeness (QED) is 0.744. The van der Waals surface area contributed by atoms with E-state index in [0.29, 0.717) is 0 Å². The number of ether oxygens (including phenoxy) is 1. The predicted octanol–water partition coefficient (Wildman–Crippen LogP) is 1.54. The SMILES string of the molecule is Cc1n[nH]c(C)c1CNCCC1CCOC1. The summed E-state index contributed by atoms with van der Waals surface area (Å²) in [5.74, 6) is 0.763. The molecule has 0 spiro atoms. The Bertz CT molecular complexity index is 310. The van der Waals surface area contributed by atoms with Gasteiger partial charge in [0.05, 0.1) is 5.69 Å². The molecule has 0 aromatic carbocycles. The van der Waals surface area contributed by atoms with E-state index in [-0.39, 0.29) is 0 Å². The van der Waals surface area contributed by atoms with E-state index in [4.69, 9.17) is 4.74 Å². The van der Waals surface area contributed by atoms with Gasteiger partial charge in [0, 0.05) is 31.0 Å². The van der Waals surface area contributed by atoms with Crippen LogP contribution in [0.25, 0.3) is 0 Å². The minimum Gasteiger partial charge on any atom is -0.381 e. The lowest BCUT2D eigenvalue weighted by atomic mass is 10.1. The lowest BCUT2D eigenvalue weighted by Gasteiger charge is -2.08. The minimum absolute atomic E-state index is 0.763. The topological polar surface area (TPSA) is 49.9 Å². The highest BCUT2D eigenvalue weighted by molar-refractivity contribution is 5.22. The largest absolute Gasteiger partial charge is 0.381 e. The summed E-state index contributed by atoms with van der Waals surface area (Å²) < 4.78 is 5.36. The van der Waals surface area contributed by atoms with Crippen molar-refractivity contribution in [3.63, 3.8) is 0 Å². The zero-order valence-corrected chi connectivity index (χ0v) is 10.2. The molecule has 1 unspecified atom stereocenters. The van der Waals surface area contributed by atoms with Crippen molar-refractivity contribution in [2.45, 2.75) is 33.2 Å². The molecule has 0 amide bonds. The van der Waals surface area contributed by atoms with Crippen LogP contribution in [0.3, 0.4) is 0 Å². The van der Waals surface area contributed by atoms with Crippen molar-refractivity contribution < 1.29 is 4.74 Å². The maximum Gasteiger partial charge on any atom is 0.0638 e. The summed E-state index contributed by atoms with van der Waals surface area (Å²) >= 11 is 0. The van der Waals surface area contributed by atoms with Crippen LogP contribution in [-0.2, 0) is 11.3 Å². The lowest BCUT2D eigenvalue weighted by Crippen LogP contribution is -2.18. The average molecular weight is 223 g/mol. The number of hydrogen-bond acceptors (Lipinski definition) is 3. The molecule has 90 valence electrons. The van der Waals surface area contributed by atoms with Crippen LogP contribution in [0.5, 0.6) is 0 Å². The van der Waals surface area contributed by atoms with Crippen molar-refractivity contribution in [1.82, 2.24) is 15.5 Å². The summed E-state index contributed by atoms with van der Waals surface area (Å²) in [6.45, 7) is 8.00. The minimum atomic E-state index is 0.763. The summed E-state index contributed by atoms with van der Waals surface area (Å²) in [5, 5.41) is 10.7. The van der Waals surface area contributed by atoms with Gasteiger partial charge in [0.2, 0.25) is 0 Å². The summed E-state index contributed by atoms with van der Waals surface area (Å²) in [6.07, 6.45) is 2.45. The Balaban J connectivity index is 1.67.